The fourth-order valence-electron chi connectivity index (χ4n) is 4.70. The van der Waals surface area contributed by atoms with Crippen LogP contribution in [0.25, 0.3) is 0 Å². The lowest BCUT2D eigenvalue weighted by atomic mass is 10.1. The van der Waals surface area contributed by atoms with Gasteiger partial charge in [-0.05, 0) is 116 Å². The third-order valence-electron chi connectivity index (χ3n) is 6.29. The molecule has 0 bridgehead atoms. The molecule has 2 amide bonds. The lowest BCUT2D eigenvalue weighted by Crippen LogP contribution is -2.20. The van der Waals surface area contributed by atoms with Crippen molar-refractivity contribution in [2.24, 2.45) is 11.5 Å². The highest BCUT2D eigenvalue weighted by Crippen LogP contribution is 2.12. The van der Waals surface area contributed by atoms with Gasteiger partial charge in [0.25, 0.3) is 17.1 Å². The number of carbonyl (C=O) groups is 4. The van der Waals surface area contributed by atoms with Crippen LogP contribution in [-0.4, -0.2) is 53.5 Å². The second-order valence-corrected chi connectivity index (χ2v) is 12.0. The van der Waals surface area contributed by atoms with Gasteiger partial charge in [-0.1, -0.05) is 124 Å². The molecular formula is C48H75ClN8O5. The number of aromatic carboxylic acids is 1. The van der Waals surface area contributed by atoms with Gasteiger partial charge in [-0.3, -0.25) is 36.0 Å². The van der Waals surface area contributed by atoms with Crippen LogP contribution in [0, 0.1) is 77.0 Å². The number of halogens is 1. The summed E-state index contributed by atoms with van der Waals surface area (Å²) in [7, 11) is 0. The van der Waals surface area contributed by atoms with E-state index < -0.39 is 11.2 Å². The Morgan fingerprint density at radius 2 is 0.613 bits per heavy atom. The van der Waals surface area contributed by atoms with Crippen LogP contribution < -0.4 is 22.1 Å². The molecule has 4 aromatic rings. The quantitative estimate of drug-likeness (QED) is 0.0513. The molecule has 13 nitrogen and oxygen atoms in total. The van der Waals surface area contributed by atoms with Crippen LogP contribution in [0.5, 0.6) is 0 Å². The Bertz CT molecular complexity index is 1700. The summed E-state index contributed by atoms with van der Waals surface area (Å²) in [5, 5.41) is 38.1. The number of carboxylic acids is 1. The summed E-state index contributed by atoms with van der Waals surface area (Å²) in [6.45, 7) is 31.4. The Labute approximate surface area is 377 Å². The van der Waals surface area contributed by atoms with Crippen molar-refractivity contribution in [1.82, 2.24) is 10.6 Å². The van der Waals surface area contributed by atoms with E-state index in [2.05, 4.69) is 22.1 Å². The number of carboxylic acid groups (broad SMARTS) is 1. The van der Waals surface area contributed by atoms with Crippen molar-refractivity contribution < 1.29 is 24.3 Å². The zero-order chi connectivity index (χ0) is 50.0. The van der Waals surface area contributed by atoms with Crippen molar-refractivity contribution in [3.05, 3.63) is 140 Å². The van der Waals surface area contributed by atoms with E-state index in [1.165, 1.54) is 0 Å². The van der Waals surface area contributed by atoms with Crippen LogP contribution in [0.1, 0.15) is 141 Å². The van der Waals surface area contributed by atoms with Crippen LogP contribution in [0.15, 0.2) is 72.8 Å². The van der Waals surface area contributed by atoms with E-state index in [1.54, 1.807) is 48.5 Å². The summed E-state index contributed by atoms with van der Waals surface area (Å²) in [5.74, 6) is -1.33. The molecule has 0 fully saturated rings. The van der Waals surface area contributed by atoms with Gasteiger partial charge in [0.2, 0.25) is 0 Å². The normalized spacial score (nSPS) is 8.15. The van der Waals surface area contributed by atoms with E-state index in [0.717, 1.165) is 69.9 Å². The number of benzene rings is 4. The smallest absolute Gasteiger partial charge is 0.335 e. The number of amides is 2. The van der Waals surface area contributed by atoms with Gasteiger partial charge in [0.15, 0.2) is 0 Å². The Hall–Kier alpha value is -6.47. The lowest BCUT2D eigenvalue weighted by Gasteiger charge is -2.02. The highest BCUT2D eigenvalue weighted by molar-refractivity contribution is 6.67. The van der Waals surface area contributed by atoms with Crippen molar-refractivity contribution in [1.29, 1.82) is 21.6 Å². The second kappa shape index (κ2) is 44.1. The first-order chi connectivity index (χ1) is 29.3. The Balaban J connectivity index is -0.000000154. The van der Waals surface area contributed by atoms with E-state index in [0.29, 0.717) is 22.3 Å². The Kier molecular flexibility index (Phi) is 47.9. The van der Waals surface area contributed by atoms with Gasteiger partial charge in [-0.2, -0.15) is 0 Å². The first-order valence-corrected chi connectivity index (χ1v) is 20.4. The van der Waals surface area contributed by atoms with Crippen molar-refractivity contribution in [3.8, 4) is 0 Å². The Morgan fingerprint density at radius 1 is 0.435 bits per heavy atom. The Morgan fingerprint density at radius 3 is 0.774 bits per heavy atom. The van der Waals surface area contributed by atoms with Gasteiger partial charge in [-0.15, -0.1) is 0 Å². The molecule has 0 atom stereocenters. The summed E-state index contributed by atoms with van der Waals surface area (Å²) in [6, 6.07) is 22.0. The third-order valence-corrected chi connectivity index (χ3v) is 6.51. The molecule has 0 aromatic heterocycles. The number of hydrogen-bond acceptors (Lipinski definition) is 8. The monoisotopic (exact) mass is 879 g/mol. The molecule has 0 heterocycles. The number of rotatable bonds is 6. The second-order valence-electron chi connectivity index (χ2n) is 11.7. The minimum atomic E-state index is -0.864. The molecule has 4 aromatic carbocycles. The van der Waals surface area contributed by atoms with Gasteiger partial charge in [0.05, 0.1) is 30.9 Å². The van der Waals surface area contributed by atoms with Crippen molar-refractivity contribution in [3.63, 3.8) is 0 Å². The van der Waals surface area contributed by atoms with Gasteiger partial charge >= 0.3 is 5.97 Å². The molecule has 0 radical (unpaired) electrons. The molecule has 0 saturated heterocycles. The molecular weight excluding hydrogens is 804 g/mol. The predicted octanol–water partition coefficient (Wildman–Crippen LogP) is 11.2. The van der Waals surface area contributed by atoms with Crippen molar-refractivity contribution in [2.75, 3.05) is 0 Å². The zero-order valence-corrected chi connectivity index (χ0v) is 40.6. The third kappa shape index (κ3) is 36.6. The molecule has 344 valence electrons. The lowest BCUT2D eigenvalue weighted by molar-refractivity contribution is 0.0695. The summed E-state index contributed by atoms with van der Waals surface area (Å²) in [6.07, 6.45) is 3.28. The maximum Gasteiger partial charge on any atom is 0.335 e. The van der Waals surface area contributed by atoms with Crippen LogP contribution in [0.2, 0.25) is 0 Å². The van der Waals surface area contributed by atoms with Gasteiger partial charge in [0, 0.05) is 16.7 Å². The standard InChI is InChI=1S/2C10H12N2O.C9H9ClO.C9H10O2.4C2H6.2CH4N2/c2*1-7-3-8(2)5-9(4-7)10(13)12-6-11;2*1-6-3-7(2)5-8(4-6)9(10)11;4*1-2;2*2-1-3/h2*3-6H,1-2H3,(H2,11,12,13);3-5H,1-2H3;3-5H,1-2H3,(H,10,11);4*1-2H3;2*1H,(H3,2,3). The minimum Gasteiger partial charge on any atom is -0.478 e. The first kappa shape index (κ1) is 67.3. The summed E-state index contributed by atoms with van der Waals surface area (Å²) >= 11 is 5.31. The molecule has 4 rings (SSSR count). The highest BCUT2D eigenvalue weighted by atomic mass is 35.5. The fraction of sp³-hybridized carbons (Fsp3) is 0.333. The van der Waals surface area contributed by atoms with Crippen LogP contribution in [-0.2, 0) is 0 Å². The molecule has 14 heteroatoms. The summed E-state index contributed by atoms with van der Waals surface area (Å²) < 4.78 is 0. The molecule has 0 saturated carbocycles. The average Bonchev–Trinajstić information content (AvgIpc) is 3.21. The number of aryl methyl sites for hydroxylation is 8. The molecule has 0 aliphatic heterocycles. The predicted molar refractivity (Wildman–Crippen MR) is 265 cm³/mol. The maximum atomic E-state index is 11.3. The molecule has 11 N–H and O–H groups in total. The first-order valence-electron chi connectivity index (χ1n) is 20.1. The van der Waals surface area contributed by atoms with Crippen LogP contribution in [0.4, 0.5) is 0 Å². The van der Waals surface area contributed by atoms with Crippen LogP contribution >= 0.6 is 11.6 Å². The summed E-state index contributed by atoms with van der Waals surface area (Å²) in [5.41, 5.74) is 19.2. The van der Waals surface area contributed by atoms with E-state index in [4.69, 9.17) is 38.3 Å². The molecule has 0 unspecified atom stereocenters. The topological polar surface area (TPSA) is 260 Å². The molecule has 0 aliphatic rings. The zero-order valence-electron chi connectivity index (χ0n) is 39.9. The molecule has 0 spiro atoms. The maximum absolute atomic E-state index is 11.3. The minimum absolute atomic E-state index is 0.234. The van der Waals surface area contributed by atoms with E-state index in [9.17, 15) is 19.2 Å². The number of nitrogens with one attached hydrogen (secondary N) is 6. The average molecular weight is 880 g/mol. The summed E-state index contributed by atoms with van der Waals surface area (Å²) in [4.78, 5) is 43.8. The van der Waals surface area contributed by atoms with Crippen molar-refractivity contribution in [2.45, 2.75) is 111 Å². The number of carbonyl (C=O) groups excluding carboxylic acids is 3. The SMILES string of the molecule is CC.CC.CC.CC.Cc1cc(C)cc(C(=O)Cl)c1.Cc1cc(C)cc(C(=O)NC=N)c1.Cc1cc(C)cc(C(=O)NC=N)c1.Cc1cc(C)cc(C(=O)O)c1.N=CN.N=CN. The fourth-order valence-corrected chi connectivity index (χ4v) is 4.80. The number of nitrogens with two attached hydrogens (primary N) is 2. The molecule has 62 heavy (non-hydrogen) atoms. The van der Waals surface area contributed by atoms with Gasteiger partial charge < -0.3 is 27.2 Å². The molecule has 0 aliphatic carbocycles. The van der Waals surface area contributed by atoms with E-state index in [-0.39, 0.29) is 11.8 Å². The van der Waals surface area contributed by atoms with Gasteiger partial charge in [-0.25, -0.2) is 4.79 Å². The van der Waals surface area contributed by atoms with Crippen molar-refractivity contribution >= 4 is 60.0 Å². The van der Waals surface area contributed by atoms with E-state index in [1.807, 2.05) is 135 Å². The highest BCUT2D eigenvalue weighted by Gasteiger charge is 2.06. The van der Waals surface area contributed by atoms with Crippen LogP contribution in [0.3, 0.4) is 0 Å². The largest absolute Gasteiger partial charge is 0.478 e. The van der Waals surface area contributed by atoms with Gasteiger partial charge in [0.1, 0.15) is 0 Å². The number of hydrogen-bond donors (Lipinski definition) is 9. The van der Waals surface area contributed by atoms with E-state index >= 15 is 0 Å².